The number of hydrogen-bond acceptors (Lipinski definition) is 4. The first-order chi connectivity index (χ1) is 8.84. The van der Waals surface area contributed by atoms with E-state index >= 15 is 0 Å². The van der Waals surface area contributed by atoms with Crippen LogP contribution in [0, 0.1) is 0 Å². The fraction of sp³-hybridized carbons (Fsp3) is 0.462. The van der Waals surface area contributed by atoms with Crippen molar-refractivity contribution >= 4 is 5.95 Å². The van der Waals surface area contributed by atoms with Crippen molar-refractivity contribution in [2.24, 2.45) is 7.05 Å². The molecule has 94 valence electrons. The Kier molecular flexibility index (Phi) is 2.96. The molecule has 5 nitrogen and oxygen atoms in total. The summed E-state index contributed by atoms with van der Waals surface area (Å²) in [4.78, 5) is 11.1. The molecule has 0 saturated carbocycles. The Labute approximate surface area is 106 Å². The van der Waals surface area contributed by atoms with Crippen LogP contribution in [0.4, 0.5) is 5.95 Å². The second kappa shape index (κ2) is 4.76. The molecule has 0 unspecified atom stereocenters. The molecule has 3 rings (SSSR count). The van der Waals surface area contributed by atoms with Gasteiger partial charge in [0.1, 0.15) is 0 Å². The first kappa shape index (κ1) is 11.2. The van der Waals surface area contributed by atoms with Crippen LogP contribution in [0.25, 0.3) is 11.4 Å². The van der Waals surface area contributed by atoms with Crippen molar-refractivity contribution in [3.63, 3.8) is 0 Å². The number of aryl methyl sites for hydroxylation is 1. The lowest BCUT2D eigenvalue weighted by Crippen LogP contribution is -2.31. The maximum absolute atomic E-state index is 4.64. The Hall–Kier alpha value is -1.91. The summed E-state index contributed by atoms with van der Waals surface area (Å²) in [5.41, 5.74) is 0.969. The topological polar surface area (TPSA) is 46.8 Å². The van der Waals surface area contributed by atoms with Crippen molar-refractivity contribution in [1.82, 2.24) is 19.7 Å². The van der Waals surface area contributed by atoms with Gasteiger partial charge in [0.2, 0.25) is 5.95 Å². The van der Waals surface area contributed by atoms with Gasteiger partial charge in [-0.1, -0.05) is 0 Å². The van der Waals surface area contributed by atoms with E-state index in [9.17, 15) is 0 Å². The average Bonchev–Trinajstić information content (AvgIpc) is 2.83. The molecule has 0 aromatic carbocycles. The summed E-state index contributed by atoms with van der Waals surface area (Å²) in [6.45, 7) is 2.16. The first-order valence-corrected chi connectivity index (χ1v) is 6.41. The molecule has 2 aromatic rings. The molecule has 0 amide bonds. The van der Waals surface area contributed by atoms with Crippen molar-refractivity contribution in [2.75, 3.05) is 18.0 Å². The van der Waals surface area contributed by atoms with Crippen molar-refractivity contribution in [1.29, 1.82) is 0 Å². The second-order valence-corrected chi connectivity index (χ2v) is 4.65. The minimum atomic E-state index is 0.756. The smallest absolute Gasteiger partial charge is 0.224 e. The molecule has 0 N–H and O–H groups in total. The number of pyridine rings is 1. The SMILES string of the molecule is Cn1nc(-c2cccnc2)nc1N1CCCCC1. The van der Waals surface area contributed by atoms with Gasteiger partial charge in [-0.25, -0.2) is 4.68 Å². The molecule has 0 radical (unpaired) electrons. The summed E-state index contributed by atoms with van der Waals surface area (Å²) < 4.78 is 1.87. The highest BCUT2D eigenvalue weighted by Gasteiger charge is 2.17. The predicted molar refractivity (Wildman–Crippen MR) is 70.3 cm³/mol. The van der Waals surface area contributed by atoms with E-state index in [1.807, 2.05) is 23.9 Å². The number of anilines is 1. The normalized spacial score (nSPS) is 15.9. The standard InChI is InChI=1S/C13H17N5/c1-17-13(18-8-3-2-4-9-18)15-12(16-17)11-6-5-7-14-10-11/h5-7,10H,2-4,8-9H2,1H3. The van der Waals surface area contributed by atoms with Gasteiger partial charge in [0.25, 0.3) is 0 Å². The van der Waals surface area contributed by atoms with E-state index in [0.29, 0.717) is 0 Å². The molecule has 1 saturated heterocycles. The van der Waals surface area contributed by atoms with Crippen molar-refractivity contribution < 1.29 is 0 Å². The van der Waals surface area contributed by atoms with Crippen LogP contribution >= 0.6 is 0 Å². The zero-order chi connectivity index (χ0) is 12.4. The molecular weight excluding hydrogens is 226 g/mol. The molecule has 5 heteroatoms. The summed E-state index contributed by atoms with van der Waals surface area (Å²) in [5, 5.41) is 4.48. The monoisotopic (exact) mass is 243 g/mol. The lowest BCUT2D eigenvalue weighted by molar-refractivity contribution is 0.557. The molecular formula is C13H17N5. The van der Waals surface area contributed by atoms with E-state index in [1.165, 1.54) is 19.3 Å². The Morgan fingerprint density at radius 1 is 1.17 bits per heavy atom. The van der Waals surface area contributed by atoms with Gasteiger partial charge in [0, 0.05) is 38.1 Å². The number of nitrogens with zero attached hydrogens (tertiary/aromatic N) is 5. The average molecular weight is 243 g/mol. The quantitative estimate of drug-likeness (QED) is 0.808. The Balaban J connectivity index is 1.91. The van der Waals surface area contributed by atoms with E-state index in [-0.39, 0.29) is 0 Å². The Bertz CT molecular complexity index is 513. The Morgan fingerprint density at radius 3 is 2.72 bits per heavy atom. The minimum absolute atomic E-state index is 0.756. The lowest BCUT2D eigenvalue weighted by Gasteiger charge is -2.26. The van der Waals surface area contributed by atoms with Gasteiger partial charge in [0.05, 0.1) is 0 Å². The van der Waals surface area contributed by atoms with Crippen LogP contribution in [0.15, 0.2) is 24.5 Å². The van der Waals surface area contributed by atoms with Gasteiger partial charge in [-0.3, -0.25) is 4.98 Å². The maximum atomic E-state index is 4.64. The Morgan fingerprint density at radius 2 is 2.00 bits per heavy atom. The third-order valence-electron chi connectivity index (χ3n) is 3.30. The molecule has 0 aliphatic carbocycles. The van der Waals surface area contributed by atoms with Gasteiger partial charge >= 0.3 is 0 Å². The molecule has 2 aromatic heterocycles. The van der Waals surface area contributed by atoms with Crippen LogP contribution < -0.4 is 4.90 Å². The molecule has 1 aliphatic rings. The van der Waals surface area contributed by atoms with Crippen molar-refractivity contribution in [3.05, 3.63) is 24.5 Å². The van der Waals surface area contributed by atoms with E-state index < -0.39 is 0 Å². The number of hydrogen-bond donors (Lipinski definition) is 0. The van der Waals surface area contributed by atoms with Gasteiger partial charge in [0.15, 0.2) is 5.82 Å². The van der Waals surface area contributed by atoms with E-state index in [4.69, 9.17) is 0 Å². The summed E-state index contributed by atoms with van der Waals surface area (Å²) in [5.74, 6) is 1.72. The van der Waals surface area contributed by atoms with Crippen molar-refractivity contribution in [3.8, 4) is 11.4 Å². The fourth-order valence-electron chi connectivity index (χ4n) is 2.36. The molecule has 3 heterocycles. The first-order valence-electron chi connectivity index (χ1n) is 6.41. The van der Waals surface area contributed by atoms with E-state index in [1.54, 1.807) is 12.4 Å². The van der Waals surface area contributed by atoms with E-state index in [0.717, 1.165) is 30.4 Å². The summed E-state index contributed by atoms with van der Waals surface area (Å²) in [6.07, 6.45) is 7.38. The summed E-state index contributed by atoms with van der Waals surface area (Å²) >= 11 is 0. The van der Waals surface area contributed by atoms with Crippen molar-refractivity contribution in [2.45, 2.75) is 19.3 Å². The summed E-state index contributed by atoms with van der Waals surface area (Å²) in [7, 11) is 1.96. The third-order valence-corrected chi connectivity index (χ3v) is 3.30. The van der Waals surface area contributed by atoms with Gasteiger partial charge in [-0.2, -0.15) is 4.98 Å². The highest BCUT2D eigenvalue weighted by Crippen LogP contribution is 2.21. The molecule has 1 aliphatic heterocycles. The maximum Gasteiger partial charge on any atom is 0.224 e. The largest absolute Gasteiger partial charge is 0.341 e. The fourth-order valence-corrected chi connectivity index (χ4v) is 2.36. The number of aromatic nitrogens is 4. The van der Waals surface area contributed by atoms with Gasteiger partial charge in [-0.15, -0.1) is 5.10 Å². The van der Waals surface area contributed by atoms with Crippen LogP contribution in [0.2, 0.25) is 0 Å². The molecule has 18 heavy (non-hydrogen) atoms. The zero-order valence-corrected chi connectivity index (χ0v) is 10.6. The summed E-state index contributed by atoms with van der Waals surface area (Å²) in [6, 6.07) is 3.90. The van der Waals surface area contributed by atoms with E-state index in [2.05, 4.69) is 20.0 Å². The highest BCUT2D eigenvalue weighted by molar-refractivity contribution is 5.55. The minimum Gasteiger partial charge on any atom is -0.341 e. The molecule has 1 fully saturated rings. The third kappa shape index (κ3) is 2.08. The van der Waals surface area contributed by atoms with Crippen LogP contribution in [0.5, 0.6) is 0 Å². The van der Waals surface area contributed by atoms with Crippen LogP contribution in [-0.4, -0.2) is 32.8 Å². The van der Waals surface area contributed by atoms with Crippen LogP contribution in [0.1, 0.15) is 19.3 Å². The molecule has 0 spiro atoms. The zero-order valence-electron chi connectivity index (χ0n) is 10.6. The van der Waals surface area contributed by atoms with Crippen LogP contribution in [-0.2, 0) is 7.05 Å². The number of piperidine rings is 1. The molecule has 0 bridgehead atoms. The highest BCUT2D eigenvalue weighted by atomic mass is 15.4. The second-order valence-electron chi connectivity index (χ2n) is 4.65. The molecule has 0 atom stereocenters. The lowest BCUT2D eigenvalue weighted by atomic mass is 10.1. The number of rotatable bonds is 2. The predicted octanol–water partition coefficient (Wildman–Crippen LogP) is 1.87. The van der Waals surface area contributed by atoms with Gasteiger partial charge < -0.3 is 4.90 Å². The van der Waals surface area contributed by atoms with Crippen LogP contribution in [0.3, 0.4) is 0 Å². The van der Waals surface area contributed by atoms with Gasteiger partial charge in [-0.05, 0) is 31.4 Å².